The van der Waals surface area contributed by atoms with Gasteiger partial charge in [0.2, 0.25) is 0 Å². The van der Waals surface area contributed by atoms with Gasteiger partial charge >= 0.3 is 0 Å². The Morgan fingerprint density at radius 2 is 2.05 bits per heavy atom. The third-order valence-electron chi connectivity index (χ3n) is 4.40. The van der Waals surface area contributed by atoms with Crippen molar-refractivity contribution in [2.45, 2.75) is 32.4 Å². The predicted molar refractivity (Wildman–Crippen MR) is 89.5 cm³/mol. The molecule has 3 rings (SSSR count). The maximum absolute atomic E-state index is 10.3. The molecule has 0 bridgehead atoms. The van der Waals surface area contributed by atoms with Crippen molar-refractivity contribution in [1.82, 2.24) is 4.90 Å². The molecule has 0 saturated carbocycles. The third kappa shape index (κ3) is 2.85. The Labute approximate surface area is 134 Å². The van der Waals surface area contributed by atoms with Gasteiger partial charge in [0.1, 0.15) is 5.75 Å². The van der Waals surface area contributed by atoms with E-state index in [2.05, 4.69) is 52.1 Å². The highest BCUT2D eigenvalue weighted by atomic mass is 79.9. The summed E-state index contributed by atoms with van der Waals surface area (Å²) < 4.78 is 1.02. The molecule has 110 valence electrons. The molecule has 0 radical (unpaired) electrons. The number of halogens is 1. The van der Waals surface area contributed by atoms with Crippen LogP contribution >= 0.6 is 15.9 Å². The van der Waals surface area contributed by atoms with Gasteiger partial charge in [0.15, 0.2) is 0 Å². The molecule has 0 spiro atoms. The molecule has 0 aliphatic heterocycles. The number of phenolic OH excluding ortho intramolecular Hbond substituents is 1. The van der Waals surface area contributed by atoms with Crippen molar-refractivity contribution in [1.29, 1.82) is 0 Å². The van der Waals surface area contributed by atoms with E-state index in [9.17, 15) is 5.11 Å². The molecular weight excluding hydrogens is 326 g/mol. The molecule has 0 fully saturated rings. The lowest BCUT2D eigenvalue weighted by molar-refractivity contribution is 0.233. The van der Waals surface area contributed by atoms with Crippen molar-refractivity contribution in [3.05, 3.63) is 63.1 Å². The van der Waals surface area contributed by atoms with E-state index in [4.69, 9.17) is 0 Å². The van der Waals surface area contributed by atoms with Gasteiger partial charge in [0, 0.05) is 22.6 Å². The molecule has 3 heteroatoms. The van der Waals surface area contributed by atoms with Crippen LogP contribution in [0.25, 0.3) is 0 Å². The molecule has 0 aromatic heterocycles. The van der Waals surface area contributed by atoms with E-state index in [-0.39, 0.29) is 0 Å². The second-order valence-electron chi connectivity index (χ2n) is 5.90. The van der Waals surface area contributed by atoms with Crippen LogP contribution in [0.3, 0.4) is 0 Å². The summed E-state index contributed by atoms with van der Waals surface area (Å²) in [4.78, 5) is 2.34. The number of aromatic hydroxyl groups is 1. The van der Waals surface area contributed by atoms with Crippen molar-refractivity contribution in [3.63, 3.8) is 0 Å². The summed E-state index contributed by atoms with van der Waals surface area (Å²) in [6.45, 7) is 2.69. The van der Waals surface area contributed by atoms with Crippen molar-refractivity contribution >= 4 is 15.9 Å². The summed E-state index contributed by atoms with van der Waals surface area (Å²) in [6.07, 6.45) is 2.30. The van der Waals surface area contributed by atoms with E-state index in [1.54, 1.807) is 0 Å². The van der Waals surface area contributed by atoms with E-state index in [0.29, 0.717) is 11.8 Å². The lowest BCUT2D eigenvalue weighted by Gasteiger charge is -2.26. The Morgan fingerprint density at radius 3 is 2.86 bits per heavy atom. The zero-order chi connectivity index (χ0) is 15.0. The Morgan fingerprint density at radius 1 is 1.29 bits per heavy atom. The molecule has 21 heavy (non-hydrogen) atoms. The van der Waals surface area contributed by atoms with Gasteiger partial charge in [-0.2, -0.15) is 0 Å². The van der Waals surface area contributed by atoms with Crippen LogP contribution in [0.2, 0.25) is 0 Å². The van der Waals surface area contributed by atoms with E-state index in [1.807, 2.05) is 19.1 Å². The Hall–Kier alpha value is -1.32. The predicted octanol–water partition coefficient (Wildman–Crippen LogP) is 4.58. The zero-order valence-electron chi connectivity index (χ0n) is 12.4. The number of rotatable bonds is 3. The summed E-state index contributed by atoms with van der Waals surface area (Å²) in [5.74, 6) is 0.413. The smallest absolute Gasteiger partial charge is 0.123 e. The molecule has 2 aromatic carbocycles. The molecule has 0 heterocycles. The third-order valence-corrected chi connectivity index (χ3v) is 4.86. The number of nitrogens with zero attached hydrogens (tertiary/aromatic N) is 1. The molecule has 0 amide bonds. The average molecular weight is 346 g/mol. The summed E-state index contributed by atoms with van der Waals surface area (Å²) in [7, 11) is 2.14. The van der Waals surface area contributed by atoms with Crippen LogP contribution in [-0.4, -0.2) is 17.1 Å². The van der Waals surface area contributed by atoms with Crippen LogP contribution in [-0.2, 0) is 13.0 Å². The van der Waals surface area contributed by atoms with Gasteiger partial charge in [-0.1, -0.05) is 40.2 Å². The van der Waals surface area contributed by atoms with Gasteiger partial charge in [0.05, 0.1) is 0 Å². The molecule has 1 aliphatic rings. The highest BCUT2D eigenvalue weighted by molar-refractivity contribution is 9.10. The van der Waals surface area contributed by atoms with Crippen LogP contribution in [0.4, 0.5) is 0 Å². The van der Waals surface area contributed by atoms with Gasteiger partial charge in [-0.25, -0.2) is 0 Å². The number of hydrogen-bond donors (Lipinski definition) is 1. The molecule has 1 aliphatic carbocycles. The standard InChI is InChI=1S/C18H20BrNO/c1-12-9-15(19)10-14(18(12)21)11-20(2)17-8-7-13-5-3-4-6-16(13)17/h3-6,9-10,17,21H,7-8,11H2,1-2H3. The monoisotopic (exact) mass is 345 g/mol. The summed E-state index contributed by atoms with van der Waals surface area (Å²) >= 11 is 3.52. The van der Waals surface area contributed by atoms with E-state index >= 15 is 0 Å². The van der Waals surface area contributed by atoms with Gasteiger partial charge in [-0.15, -0.1) is 0 Å². The van der Waals surface area contributed by atoms with Crippen LogP contribution in [0.1, 0.15) is 34.7 Å². The Kier molecular flexibility index (Phi) is 4.05. The number of phenols is 1. The van der Waals surface area contributed by atoms with Gasteiger partial charge < -0.3 is 5.11 Å². The van der Waals surface area contributed by atoms with E-state index < -0.39 is 0 Å². The maximum atomic E-state index is 10.3. The minimum Gasteiger partial charge on any atom is -0.507 e. The van der Waals surface area contributed by atoms with Crippen molar-refractivity contribution in [3.8, 4) is 5.75 Å². The first-order chi connectivity index (χ1) is 10.1. The molecule has 0 saturated heterocycles. The Bertz CT molecular complexity index is 668. The first-order valence-electron chi connectivity index (χ1n) is 7.32. The molecule has 1 unspecified atom stereocenters. The second kappa shape index (κ2) is 5.82. The van der Waals surface area contributed by atoms with E-state index in [0.717, 1.165) is 35.0 Å². The minimum atomic E-state index is 0.413. The van der Waals surface area contributed by atoms with Gasteiger partial charge in [-0.05, 0) is 55.6 Å². The molecule has 2 aromatic rings. The molecule has 1 N–H and O–H groups in total. The first kappa shape index (κ1) is 14.6. The zero-order valence-corrected chi connectivity index (χ0v) is 14.0. The highest BCUT2D eigenvalue weighted by Crippen LogP contribution is 2.37. The number of aryl methyl sites for hydroxylation is 2. The minimum absolute atomic E-state index is 0.413. The fourth-order valence-corrected chi connectivity index (χ4v) is 3.92. The SMILES string of the molecule is Cc1cc(Br)cc(CN(C)C2CCc3ccccc32)c1O. The fourth-order valence-electron chi connectivity index (χ4n) is 3.30. The maximum Gasteiger partial charge on any atom is 0.123 e. The first-order valence-corrected chi connectivity index (χ1v) is 8.11. The highest BCUT2D eigenvalue weighted by Gasteiger charge is 2.25. The van der Waals surface area contributed by atoms with Crippen LogP contribution in [0.15, 0.2) is 40.9 Å². The summed E-state index contributed by atoms with van der Waals surface area (Å²) in [5.41, 5.74) is 4.79. The van der Waals surface area contributed by atoms with Gasteiger partial charge in [-0.3, -0.25) is 4.90 Å². The normalized spacial score (nSPS) is 17.2. The molecule has 2 nitrogen and oxygen atoms in total. The average Bonchev–Trinajstić information content (AvgIpc) is 2.88. The summed E-state index contributed by atoms with van der Waals surface area (Å²) in [5, 5.41) is 10.3. The van der Waals surface area contributed by atoms with E-state index in [1.165, 1.54) is 11.1 Å². The van der Waals surface area contributed by atoms with Gasteiger partial charge in [0.25, 0.3) is 0 Å². The van der Waals surface area contributed by atoms with Crippen molar-refractivity contribution in [2.24, 2.45) is 0 Å². The number of benzene rings is 2. The topological polar surface area (TPSA) is 23.5 Å². The van der Waals surface area contributed by atoms with Crippen LogP contribution < -0.4 is 0 Å². The molecular formula is C18H20BrNO. The molecule has 1 atom stereocenters. The lowest BCUT2D eigenvalue weighted by atomic mass is 10.1. The van der Waals surface area contributed by atoms with Crippen LogP contribution in [0.5, 0.6) is 5.75 Å². The number of hydrogen-bond acceptors (Lipinski definition) is 2. The summed E-state index contributed by atoms with van der Waals surface area (Å²) in [6, 6.07) is 13.1. The van der Waals surface area contributed by atoms with Crippen LogP contribution in [0, 0.1) is 6.92 Å². The Balaban J connectivity index is 1.84. The second-order valence-corrected chi connectivity index (χ2v) is 6.81. The lowest BCUT2D eigenvalue weighted by Crippen LogP contribution is -2.22. The quantitative estimate of drug-likeness (QED) is 0.879. The van der Waals surface area contributed by atoms with Crippen molar-refractivity contribution in [2.75, 3.05) is 7.05 Å². The number of fused-ring (bicyclic) bond motifs is 1. The fraction of sp³-hybridized carbons (Fsp3) is 0.333. The largest absolute Gasteiger partial charge is 0.507 e. The van der Waals surface area contributed by atoms with Crippen molar-refractivity contribution < 1.29 is 5.11 Å².